The van der Waals surface area contributed by atoms with Gasteiger partial charge in [-0.1, -0.05) is 6.07 Å². The van der Waals surface area contributed by atoms with Gasteiger partial charge < -0.3 is 9.29 Å². The second-order valence-corrected chi connectivity index (χ2v) is 6.44. The first kappa shape index (κ1) is 21.2. The molecule has 0 atom stereocenters. The van der Waals surface area contributed by atoms with Crippen molar-refractivity contribution >= 4 is 21.8 Å². The molecule has 0 aliphatic heterocycles. The van der Waals surface area contributed by atoms with E-state index in [2.05, 4.69) is 0 Å². The number of nitro benzene ring substituents is 1. The molecule has 0 bridgehead atoms. The maximum atomic E-state index is 11.1. The summed E-state index contributed by atoms with van der Waals surface area (Å²) < 4.78 is 37.9. The molecule has 0 spiro atoms. The van der Waals surface area contributed by atoms with Gasteiger partial charge >= 0.3 is 5.97 Å². The van der Waals surface area contributed by atoms with Crippen LogP contribution in [0.5, 0.6) is 0 Å². The molecular weight excluding hydrogens is 364 g/mol. The normalized spacial score (nSPS) is 10.4. The molecular formula is C16H18N2O7S. The fourth-order valence-electron chi connectivity index (χ4n) is 1.75. The van der Waals surface area contributed by atoms with Gasteiger partial charge in [-0.15, -0.1) is 0 Å². The average molecular weight is 382 g/mol. The van der Waals surface area contributed by atoms with Crippen LogP contribution in [-0.4, -0.2) is 30.5 Å². The Hall–Kier alpha value is -2.85. The number of nitro groups is 1. The number of carbonyl (C=O) groups is 1. The van der Waals surface area contributed by atoms with Crippen molar-refractivity contribution in [2.45, 2.75) is 25.3 Å². The number of benzene rings is 1. The molecule has 10 heteroatoms. The van der Waals surface area contributed by atoms with E-state index in [0.717, 1.165) is 24.3 Å². The van der Waals surface area contributed by atoms with E-state index in [4.69, 9.17) is 4.74 Å². The van der Waals surface area contributed by atoms with Crippen LogP contribution < -0.4 is 4.57 Å². The van der Waals surface area contributed by atoms with E-state index in [-0.39, 0.29) is 12.5 Å². The van der Waals surface area contributed by atoms with Crippen LogP contribution in [-0.2, 0) is 26.2 Å². The largest absolute Gasteiger partial charge is 0.744 e. The minimum Gasteiger partial charge on any atom is -0.744 e. The van der Waals surface area contributed by atoms with Crippen molar-refractivity contribution in [3.63, 3.8) is 0 Å². The maximum Gasteiger partial charge on any atom is 0.372 e. The third-order valence-electron chi connectivity index (χ3n) is 2.99. The molecule has 2 aromatic rings. The van der Waals surface area contributed by atoms with E-state index >= 15 is 0 Å². The summed E-state index contributed by atoms with van der Waals surface area (Å²) in [5.74, 6) is -0.198. The zero-order chi connectivity index (χ0) is 19.7. The number of aromatic nitrogens is 1. The molecule has 1 aromatic heterocycles. The highest BCUT2D eigenvalue weighted by Crippen LogP contribution is 2.16. The molecule has 0 aliphatic carbocycles. The second kappa shape index (κ2) is 9.59. The lowest BCUT2D eigenvalue weighted by atomic mass is 10.3. The highest BCUT2D eigenvalue weighted by molar-refractivity contribution is 7.85. The summed E-state index contributed by atoms with van der Waals surface area (Å²) in [6.07, 6.45) is 3.73. The predicted octanol–water partition coefficient (Wildman–Crippen LogP) is 1.34. The lowest BCUT2D eigenvalue weighted by molar-refractivity contribution is -0.686. The third-order valence-corrected chi connectivity index (χ3v) is 3.82. The monoisotopic (exact) mass is 382 g/mol. The molecule has 2 rings (SSSR count). The van der Waals surface area contributed by atoms with Crippen molar-refractivity contribution in [3.05, 3.63) is 64.5 Å². The number of hydrogen-bond acceptors (Lipinski definition) is 7. The van der Waals surface area contributed by atoms with E-state index in [1.807, 2.05) is 31.5 Å². The zero-order valence-corrected chi connectivity index (χ0v) is 15.0. The zero-order valence-electron chi connectivity index (χ0n) is 14.2. The van der Waals surface area contributed by atoms with Gasteiger partial charge in [0, 0.05) is 24.3 Å². The Balaban J connectivity index is 0.000000260. The summed E-state index contributed by atoms with van der Waals surface area (Å²) in [4.78, 5) is 19.9. The fourth-order valence-corrected chi connectivity index (χ4v) is 2.26. The smallest absolute Gasteiger partial charge is 0.372 e. The van der Waals surface area contributed by atoms with Gasteiger partial charge in [-0.05, 0) is 25.5 Å². The Bertz CT molecular complexity index is 864. The van der Waals surface area contributed by atoms with E-state index in [0.29, 0.717) is 6.61 Å². The number of esters is 1. The van der Waals surface area contributed by atoms with Crippen molar-refractivity contribution in [1.29, 1.82) is 0 Å². The summed E-state index contributed by atoms with van der Waals surface area (Å²) in [6.45, 7) is 4.53. The first-order valence-electron chi connectivity index (χ1n) is 7.45. The fraction of sp³-hybridized carbons (Fsp3) is 0.250. The van der Waals surface area contributed by atoms with Gasteiger partial charge in [0.05, 0.1) is 16.4 Å². The number of pyridine rings is 1. The van der Waals surface area contributed by atoms with Gasteiger partial charge in [-0.25, -0.2) is 13.2 Å². The number of aryl methyl sites for hydroxylation is 1. The Morgan fingerprint density at radius 1 is 1.23 bits per heavy atom. The first-order valence-corrected chi connectivity index (χ1v) is 8.86. The van der Waals surface area contributed by atoms with Crippen LogP contribution in [0.2, 0.25) is 0 Å². The molecule has 0 unspecified atom stereocenters. The number of ether oxygens (including phenoxy) is 1. The number of carbonyl (C=O) groups excluding carboxylic acids is 1. The van der Waals surface area contributed by atoms with Gasteiger partial charge in [0.15, 0.2) is 12.4 Å². The van der Waals surface area contributed by atoms with E-state index in [9.17, 15) is 27.9 Å². The van der Waals surface area contributed by atoms with E-state index < -0.39 is 25.6 Å². The highest BCUT2D eigenvalue weighted by atomic mass is 32.2. The van der Waals surface area contributed by atoms with E-state index in [1.165, 1.54) is 5.56 Å². The molecule has 140 valence electrons. The molecule has 0 saturated carbocycles. The molecule has 1 aromatic carbocycles. The molecule has 0 aliphatic rings. The average Bonchev–Trinajstić information content (AvgIpc) is 2.57. The Morgan fingerprint density at radius 3 is 2.35 bits per heavy atom. The molecule has 0 amide bonds. The molecule has 1 heterocycles. The van der Waals surface area contributed by atoms with Crippen LogP contribution >= 0.6 is 0 Å². The number of nitrogens with zero attached hydrogens (tertiary/aromatic N) is 2. The van der Waals surface area contributed by atoms with Crippen molar-refractivity contribution < 1.29 is 32.0 Å². The molecule has 0 fully saturated rings. The van der Waals surface area contributed by atoms with Gasteiger partial charge in [-0.3, -0.25) is 10.1 Å². The second-order valence-electron chi connectivity index (χ2n) is 5.06. The SMILES string of the molecule is CCOC(=O)C[n+]1ccc(C)cc1.O=[N+]([O-])c1cccc(S(=O)(=O)[O-])c1. The Morgan fingerprint density at radius 2 is 1.85 bits per heavy atom. The number of rotatable bonds is 5. The van der Waals surface area contributed by atoms with Crippen molar-refractivity contribution in [1.82, 2.24) is 0 Å². The van der Waals surface area contributed by atoms with Crippen LogP contribution in [0.25, 0.3) is 0 Å². The van der Waals surface area contributed by atoms with Gasteiger partial charge in [0.1, 0.15) is 10.1 Å². The maximum absolute atomic E-state index is 11.1. The summed E-state index contributed by atoms with van der Waals surface area (Å²) >= 11 is 0. The highest BCUT2D eigenvalue weighted by Gasteiger charge is 2.09. The van der Waals surface area contributed by atoms with E-state index in [1.54, 1.807) is 11.5 Å². The molecule has 0 radical (unpaired) electrons. The predicted molar refractivity (Wildman–Crippen MR) is 89.1 cm³/mol. The quantitative estimate of drug-likeness (QED) is 0.251. The standard InChI is InChI=1S/C10H14NO2.C6H5NO5S/c1-3-13-10(12)8-11-6-4-9(2)5-7-11;8-7(9)5-2-1-3-6(4-5)13(10,11)12/h4-7H,3,8H2,1-2H3;1-4H,(H,10,11,12)/q+1;/p-1. The van der Waals surface area contributed by atoms with Crippen LogP contribution in [0, 0.1) is 17.0 Å². The first-order chi connectivity index (χ1) is 12.1. The van der Waals surface area contributed by atoms with Crippen molar-refractivity contribution in [3.8, 4) is 0 Å². The van der Waals surface area contributed by atoms with Gasteiger partial charge in [0.2, 0.25) is 6.54 Å². The molecule has 0 N–H and O–H groups in total. The molecule has 9 nitrogen and oxygen atoms in total. The van der Waals surface area contributed by atoms with Crippen LogP contribution in [0.1, 0.15) is 12.5 Å². The topological polar surface area (TPSA) is 131 Å². The van der Waals surface area contributed by atoms with Crippen LogP contribution in [0.3, 0.4) is 0 Å². The molecule has 0 saturated heterocycles. The lowest BCUT2D eigenvalue weighted by Gasteiger charge is -2.05. The Labute approximate surface area is 150 Å². The Kier molecular flexibility index (Phi) is 7.81. The third kappa shape index (κ3) is 7.36. The van der Waals surface area contributed by atoms with Crippen LogP contribution in [0.15, 0.2) is 53.7 Å². The van der Waals surface area contributed by atoms with Crippen LogP contribution in [0.4, 0.5) is 5.69 Å². The van der Waals surface area contributed by atoms with Crippen molar-refractivity contribution in [2.75, 3.05) is 6.61 Å². The number of non-ortho nitro benzene ring substituents is 1. The summed E-state index contributed by atoms with van der Waals surface area (Å²) in [5, 5.41) is 10.2. The van der Waals surface area contributed by atoms with Gasteiger partial charge in [-0.2, -0.15) is 4.57 Å². The minimum atomic E-state index is -4.61. The summed E-state index contributed by atoms with van der Waals surface area (Å²) in [5.41, 5.74) is 0.761. The molecule has 26 heavy (non-hydrogen) atoms. The van der Waals surface area contributed by atoms with Crippen molar-refractivity contribution in [2.24, 2.45) is 0 Å². The minimum absolute atomic E-state index is 0.198. The summed E-state index contributed by atoms with van der Waals surface area (Å²) in [7, 11) is -4.61. The lowest BCUT2D eigenvalue weighted by Crippen LogP contribution is -2.37. The number of hydrogen-bond donors (Lipinski definition) is 0. The van der Waals surface area contributed by atoms with Gasteiger partial charge in [0.25, 0.3) is 5.69 Å². The summed E-state index contributed by atoms with van der Waals surface area (Å²) in [6, 6.07) is 7.90.